The first-order valence-corrected chi connectivity index (χ1v) is 9.68. The highest BCUT2D eigenvalue weighted by Gasteiger charge is 2.16. The second-order valence-electron chi connectivity index (χ2n) is 6.19. The number of sulfonamides is 1. The van der Waals surface area contributed by atoms with Gasteiger partial charge in [-0.3, -0.25) is 0 Å². The summed E-state index contributed by atoms with van der Waals surface area (Å²) in [7, 11) is -3.22. The molecule has 0 radical (unpaired) electrons. The van der Waals surface area contributed by atoms with Crippen molar-refractivity contribution < 1.29 is 13.2 Å². The summed E-state index contributed by atoms with van der Waals surface area (Å²) in [5.41, 5.74) is 2.20. The van der Waals surface area contributed by atoms with Crippen LogP contribution in [0.1, 0.15) is 37.8 Å². The summed E-state index contributed by atoms with van der Waals surface area (Å²) >= 11 is 0. The molecular weight excluding hydrogens is 322 g/mol. The van der Waals surface area contributed by atoms with E-state index in [-0.39, 0.29) is 5.92 Å². The van der Waals surface area contributed by atoms with Gasteiger partial charge in [-0.2, -0.15) is 0 Å². The Morgan fingerprint density at radius 3 is 2.17 bits per heavy atom. The molecule has 1 N–H and O–H groups in total. The number of benzene rings is 2. The molecule has 0 spiro atoms. The summed E-state index contributed by atoms with van der Waals surface area (Å²) in [6, 6.07) is 17.8. The minimum absolute atomic E-state index is 0.0988. The lowest BCUT2D eigenvalue weighted by Gasteiger charge is -2.15. The van der Waals surface area contributed by atoms with Crippen LogP contribution in [0.4, 0.5) is 0 Å². The number of hydrogen-bond donors (Lipinski definition) is 1. The van der Waals surface area contributed by atoms with E-state index in [0.717, 1.165) is 16.9 Å². The maximum absolute atomic E-state index is 11.8. The molecule has 2 aromatic carbocycles. The third-order valence-electron chi connectivity index (χ3n) is 3.91. The van der Waals surface area contributed by atoms with E-state index in [2.05, 4.69) is 4.72 Å². The molecule has 0 saturated carbocycles. The molecule has 0 aliphatic carbocycles. The first-order valence-electron chi connectivity index (χ1n) is 8.13. The largest absolute Gasteiger partial charge is 0.489 e. The Morgan fingerprint density at radius 2 is 1.58 bits per heavy atom. The highest BCUT2D eigenvalue weighted by molar-refractivity contribution is 7.90. The molecule has 1 atom stereocenters. The van der Waals surface area contributed by atoms with Crippen molar-refractivity contribution in [1.82, 2.24) is 4.72 Å². The van der Waals surface area contributed by atoms with Crippen molar-refractivity contribution in [3.8, 4) is 5.75 Å². The SMILES string of the molecule is CC(CNS(=O)(=O)C(C)C)c1ccc(OCc2ccccc2)cc1. The van der Waals surface area contributed by atoms with Gasteiger partial charge in [-0.1, -0.05) is 49.4 Å². The molecule has 0 fully saturated rings. The van der Waals surface area contributed by atoms with Crippen molar-refractivity contribution in [2.75, 3.05) is 6.54 Å². The molecule has 2 rings (SSSR count). The van der Waals surface area contributed by atoms with Crippen LogP contribution in [0.3, 0.4) is 0 Å². The molecule has 0 heterocycles. The topological polar surface area (TPSA) is 55.4 Å². The molecule has 5 heteroatoms. The van der Waals surface area contributed by atoms with Gasteiger partial charge in [0.2, 0.25) is 10.0 Å². The number of ether oxygens (including phenoxy) is 1. The molecule has 0 aromatic heterocycles. The van der Waals surface area contributed by atoms with Gasteiger partial charge in [0.1, 0.15) is 12.4 Å². The fraction of sp³-hybridized carbons (Fsp3) is 0.368. The van der Waals surface area contributed by atoms with Gasteiger partial charge in [0.05, 0.1) is 5.25 Å². The van der Waals surface area contributed by atoms with E-state index in [1.165, 1.54) is 0 Å². The Bertz CT molecular complexity index is 725. The molecule has 4 nitrogen and oxygen atoms in total. The van der Waals surface area contributed by atoms with E-state index in [0.29, 0.717) is 13.2 Å². The van der Waals surface area contributed by atoms with Crippen LogP contribution < -0.4 is 9.46 Å². The maximum atomic E-state index is 11.8. The van der Waals surface area contributed by atoms with Gasteiger partial charge in [-0.05, 0) is 43.0 Å². The van der Waals surface area contributed by atoms with Gasteiger partial charge in [-0.15, -0.1) is 0 Å². The zero-order chi connectivity index (χ0) is 17.6. The van der Waals surface area contributed by atoms with Crippen LogP contribution in [0, 0.1) is 0 Å². The number of hydrogen-bond acceptors (Lipinski definition) is 3. The first kappa shape index (κ1) is 18.5. The van der Waals surface area contributed by atoms with Crippen molar-refractivity contribution in [3.63, 3.8) is 0 Å². The molecule has 0 saturated heterocycles. The summed E-state index contributed by atoms with van der Waals surface area (Å²) in [5.74, 6) is 0.902. The van der Waals surface area contributed by atoms with E-state index in [1.807, 2.05) is 61.5 Å². The summed E-state index contributed by atoms with van der Waals surface area (Å²) < 4.78 is 32.0. The third-order valence-corrected chi connectivity index (χ3v) is 5.72. The lowest BCUT2D eigenvalue weighted by molar-refractivity contribution is 0.306. The molecule has 130 valence electrons. The highest BCUT2D eigenvalue weighted by atomic mass is 32.2. The van der Waals surface area contributed by atoms with Crippen LogP contribution in [-0.2, 0) is 16.6 Å². The predicted octanol–water partition coefficient (Wildman–Crippen LogP) is 3.70. The predicted molar refractivity (Wildman–Crippen MR) is 97.7 cm³/mol. The fourth-order valence-corrected chi connectivity index (χ4v) is 2.97. The molecule has 0 bridgehead atoms. The van der Waals surface area contributed by atoms with Crippen LogP contribution in [0.5, 0.6) is 5.75 Å². The van der Waals surface area contributed by atoms with Crippen molar-refractivity contribution in [1.29, 1.82) is 0 Å². The smallest absolute Gasteiger partial charge is 0.213 e. The van der Waals surface area contributed by atoms with E-state index < -0.39 is 15.3 Å². The Balaban J connectivity index is 1.89. The standard InChI is InChI=1S/C19H25NO3S/c1-15(2)24(21,22)20-13-16(3)18-9-11-19(12-10-18)23-14-17-7-5-4-6-8-17/h4-12,15-16,20H,13-14H2,1-3H3. The van der Waals surface area contributed by atoms with Gasteiger partial charge in [0, 0.05) is 6.54 Å². The quantitative estimate of drug-likeness (QED) is 0.792. The van der Waals surface area contributed by atoms with Crippen molar-refractivity contribution in [3.05, 3.63) is 65.7 Å². The molecule has 0 amide bonds. The minimum atomic E-state index is -3.22. The second kappa shape index (κ2) is 8.31. The Kier molecular flexibility index (Phi) is 6.40. The van der Waals surface area contributed by atoms with Crippen LogP contribution >= 0.6 is 0 Å². The van der Waals surface area contributed by atoms with E-state index in [1.54, 1.807) is 13.8 Å². The minimum Gasteiger partial charge on any atom is -0.489 e. The fourth-order valence-electron chi connectivity index (χ4n) is 2.16. The molecule has 24 heavy (non-hydrogen) atoms. The zero-order valence-electron chi connectivity index (χ0n) is 14.4. The maximum Gasteiger partial charge on any atom is 0.213 e. The molecule has 1 unspecified atom stereocenters. The zero-order valence-corrected chi connectivity index (χ0v) is 15.2. The molecule has 0 aliphatic heterocycles. The van der Waals surface area contributed by atoms with Crippen LogP contribution in [-0.4, -0.2) is 20.2 Å². The normalized spacial score (nSPS) is 13.0. The van der Waals surface area contributed by atoms with Gasteiger partial charge in [-0.25, -0.2) is 13.1 Å². The van der Waals surface area contributed by atoms with E-state index >= 15 is 0 Å². The van der Waals surface area contributed by atoms with Crippen LogP contribution in [0.25, 0.3) is 0 Å². The Labute approximate surface area is 144 Å². The van der Waals surface area contributed by atoms with Gasteiger partial charge in [0.15, 0.2) is 0 Å². The summed E-state index contributed by atoms with van der Waals surface area (Å²) in [6.07, 6.45) is 0. The van der Waals surface area contributed by atoms with Crippen molar-refractivity contribution in [2.24, 2.45) is 0 Å². The summed E-state index contributed by atoms with van der Waals surface area (Å²) in [6.45, 7) is 6.27. The van der Waals surface area contributed by atoms with Crippen molar-refractivity contribution in [2.45, 2.75) is 38.5 Å². The van der Waals surface area contributed by atoms with Crippen molar-refractivity contribution >= 4 is 10.0 Å². The monoisotopic (exact) mass is 347 g/mol. The summed E-state index contributed by atoms with van der Waals surface area (Å²) in [4.78, 5) is 0. The number of nitrogens with one attached hydrogen (secondary N) is 1. The molecule has 0 aliphatic rings. The Hall–Kier alpha value is -1.85. The lowest BCUT2D eigenvalue weighted by atomic mass is 10.0. The average Bonchev–Trinajstić information content (AvgIpc) is 2.59. The van der Waals surface area contributed by atoms with Gasteiger partial charge < -0.3 is 4.74 Å². The first-order chi connectivity index (χ1) is 11.4. The van der Waals surface area contributed by atoms with E-state index in [4.69, 9.17) is 4.74 Å². The van der Waals surface area contributed by atoms with Crippen LogP contribution in [0.15, 0.2) is 54.6 Å². The average molecular weight is 347 g/mol. The van der Waals surface area contributed by atoms with Crippen LogP contribution in [0.2, 0.25) is 0 Å². The molecule has 2 aromatic rings. The number of rotatable bonds is 8. The summed E-state index contributed by atoms with van der Waals surface area (Å²) in [5, 5.41) is -0.418. The lowest BCUT2D eigenvalue weighted by Crippen LogP contribution is -2.33. The van der Waals surface area contributed by atoms with E-state index in [9.17, 15) is 8.42 Å². The Morgan fingerprint density at radius 1 is 0.958 bits per heavy atom. The van der Waals surface area contributed by atoms with Gasteiger partial charge in [0.25, 0.3) is 0 Å². The van der Waals surface area contributed by atoms with Gasteiger partial charge >= 0.3 is 0 Å². The third kappa shape index (κ3) is 5.35. The second-order valence-corrected chi connectivity index (χ2v) is 8.51. The highest BCUT2D eigenvalue weighted by Crippen LogP contribution is 2.20. The molecular formula is C19H25NO3S.